The number of carbonyl (C=O) groups is 3. The van der Waals surface area contributed by atoms with Crippen molar-refractivity contribution in [1.29, 1.82) is 0 Å². The minimum Gasteiger partial charge on any atom is -0.318 e. The van der Waals surface area contributed by atoms with Crippen LogP contribution in [0.4, 0.5) is 11.4 Å². The molecule has 0 bridgehead atoms. The van der Waals surface area contributed by atoms with Gasteiger partial charge in [0.15, 0.2) is 5.78 Å². The molecule has 0 fully saturated rings. The molecule has 2 N–H and O–H groups in total. The summed E-state index contributed by atoms with van der Waals surface area (Å²) in [5, 5.41) is 5.20. The molecule has 0 aromatic heterocycles. The molecule has 2 aromatic rings. The van der Waals surface area contributed by atoms with Crippen molar-refractivity contribution in [3.8, 4) is 0 Å². The number of Topliss-reactive ketones (excluding diaryl/α,β-unsaturated/α-hetero) is 1. The highest BCUT2D eigenvalue weighted by molar-refractivity contribution is 6.46. The van der Waals surface area contributed by atoms with E-state index in [-0.39, 0.29) is 21.5 Å². The van der Waals surface area contributed by atoms with Crippen molar-refractivity contribution >= 4 is 52.2 Å². The van der Waals surface area contributed by atoms with Crippen molar-refractivity contribution in [1.82, 2.24) is 0 Å². The zero-order chi connectivity index (χ0) is 17.0. The SMILES string of the molecule is CC(=O)c1cccc(NC(=O)C(=O)Nc2c(Cl)cccc2Cl)c1. The Hall–Kier alpha value is -2.37. The third-order valence-corrected chi connectivity index (χ3v) is 3.56. The van der Waals surface area contributed by atoms with Crippen LogP contribution in [0.2, 0.25) is 10.0 Å². The summed E-state index contributed by atoms with van der Waals surface area (Å²) in [4.78, 5) is 35.2. The zero-order valence-corrected chi connectivity index (χ0v) is 13.5. The minimum atomic E-state index is -0.923. The normalized spacial score (nSPS) is 10.0. The molecule has 0 heterocycles. The average molecular weight is 351 g/mol. The summed E-state index contributed by atoms with van der Waals surface area (Å²) < 4.78 is 0. The molecule has 23 heavy (non-hydrogen) atoms. The Morgan fingerprint density at radius 1 is 0.870 bits per heavy atom. The second-order valence-electron chi connectivity index (χ2n) is 4.64. The highest BCUT2D eigenvalue weighted by Crippen LogP contribution is 2.29. The van der Waals surface area contributed by atoms with Crippen LogP contribution in [0.5, 0.6) is 0 Å². The van der Waals surface area contributed by atoms with E-state index in [2.05, 4.69) is 10.6 Å². The van der Waals surface area contributed by atoms with Gasteiger partial charge in [-0.05, 0) is 31.2 Å². The number of nitrogens with one attached hydrogen (secondary N) is 2. The Kier molecular flexibility index (Phi) is 5.36. The number of carbonyl (C=O) groups excluding carboxylic acids is 3. The molecule has 0 spiro atoms. The largest absolute Gasteiger partial charge is 0.318 e. The van der Waals surface area contributed by atoms with Crippen molar-refractivity contribution in [3.05, 3.63) is 58.1 Å². The molecule has 5 nitrogen and oxygen atoms in total. The van der Waals surface area contributed by atoms with E-state index in [1.54, 1.807) is 24.3 Å². The van der Waals surface area contributed by atoms with Gasteiger partial charge < -0.3 is 10.6 Å². The van der Waals surface area contributed by atoms with Crippen LogP contribution in [0.3, 0.4) is 0 Å². The van der Waals surface area contributed by atoms with Crippen molar-refractivity contribution in [3.63, 3.8) is 0 Å². The third-order valence-electron chi connectivity index (χ3n) is 2.93. The highest BCUT2D eigenvalue weighted by Gasteiger charge is 2.17. The molecule has 0 radical (unpaired) electrons. The van der Waals surface area contributed by atoms with E-state index >= 15 is 0 Å². The van der Waals surface area contributed by atoms with Gasteiger partial charge in [0.1, 0.15) is 0 Å². The van der Waals surface area contributed by atoms with Crippen LogP contribution in [-0.2, 0) is 9.59 Å². The minimum absolute atomic E-state index is 0.145. The van der Waals surface area contributed by atoms with Crippen LogP contribution in [0, 0.1) is 0 Å². The predicted molar refractivity (Wildman–Crippen MR) is 90.2 cm³/mol. The van der Waals surface area contributed by atoms with Crippen LogP contribution in [-0.4, -0.2) is 17.6 Å². The molecule has 0 unspecified atom stereocenters. The van der Waals surface area contributed by atoms with Crippen LogP contribution in [0.1, 0.15) is 17.3 Å². The number of ketones is 1. The predicted octanol–water partition coefficient (Wildman–Crippen LogP) is 3.77. The number of halogens is 2. The summed E-state index contributed by atoms with van der Waals surface area (Å²) in [6.07, 6.45) is 0. The average Bonchev–Trinajstić information content (AvgIpc) is 2.51. The lowest BCUT2D eigenvalue weighted by molar-refractivity contribution is -0.132. The molecular formula is C16H12Cl2N2O3. The number of hydrogen-bond donors (Lipinski definition) is 2. The van der Waals surface area contributed by atoms with Gasteiger partial charge in [-0.25, -0.2) is 0 Å². The van der Waals surface area contributed by atoms with Crippen LogP contribution >= 0.6 is 23.2 Å². The first kappa shape index (κ1) is 17.0. The van der Waals surface area contributed by atoms with Crippen molar-refractivity contribution in [2.45, 2.75) is 6.92 Å². The van der Waals surface area contributed by atoms with E-state index in [1.165, 1.54) is 25.1 Å². The quantitative estimate of drug-likeness (QED) is 0.653. The van der Waals surface area contributed by atoms with E-state index in [1.807, 2.05) is 0 Å². The Labute approximate surface area is 142 Å². The van der Waals surface area contributed by atoms with Crippen LogP contribution < -0.4 is 10.6 Å². The van der Waals surface area contributed by atoms with Gasteiger partial charge in [0.25, 0.3) is 0 Å². The summed E-state index contributed by atoms with van der Waals surface area (Å²) in [6.45, 7) is 1.41. The Bertz CT molecular complexity index is 770. The lowest BCUT2D eigenvalue weighted by Gasteiger charge is -2.09. The van der Waals surface area contributed by atoms with E-state index < -0.39 is 11.8 Å². The van der Waals surface area contributed by atoms with Gasteiger partial charge in [0.05, 0.1) is 15.7 Å². The fourth-order valence-electron chi connectivity index (χ4n) is 1.79. The van der Waals surface area contributed by atoms with Crippen LogP contribution in [0.15, 0.2) is 42.5 Å². The van der Waals surface area contributed by atoms with Gasteiger partial charge >= 0.3 is 11.8 Å². The van der Waals surface area contributed by atoms with Crippen molar-refractivity contribution in [2.75, 3.05) is 10.6 Å². The van der Waals surface area contributed by atoms with E-state index in [0.717, 1.165) is 0 Å². The summed E-state index contributed by atoms with van der Waals surface area (Å²) in [5.74, 6) is -1.97. The fraction of sp³-hybridized carbons (Fsp3) is 0.0625. The van der Waals surface area contributed by atoms with E-state index in [9.17, 15) is 14.4 Å². The second kappa shape index (κ2) is 7.26. The number of para-hydroxylation sites is 1. The molecule has 7 heteroatoms. The second-order valence-corrected chi connectivity index (χ2v) is 5.46. The van der Waals surface area contributed by atoms with Crippen molar-refractivity contribution < 1.29 is 14.4 Å². The maximum absolute atomic E-state index is 11.9. The van der Waals surface area contributed by atoms with Gasteiger partial charge in [0, 0.05) is 11.3 Å². The van der Waals surface area contributed by atoms with Crippen molar-refractivity contribution in [2.24, 2.45) is 0 Å². The molecule has 2 aromatic carbocycles. The van der Waals surface area contributed by atoms with Gasteiger partial charge in [-0.1, -0.05) is 41.4 Å². The van der Waals surface area contributed by atoms with Gasteiger partial charge in [-0.3, -0.25) is 14.4 Å². The van der Waals surface area contributed by atoms with Gasteiger partial charge in [-0.15, -0.1) is 0 Å². The summed E-state index contributed by atoms with van der Waals surface area (Å²) in [5.41, 5.74) is 0.925. The lowest BCUT2D eigenvalue weighted by Crippen LogP contribution is -2.29. The maximum Gasteiger partial charge on any atom is 0.314 e. The number of amides is 2. The highest BCUT2D eigenvalue weighted by atomic mass is 35.5. The third kappa shape index (κ3) is 4.31. The topological polar surface area (TPSA) is 75.3 Å². The smallest absolute Gasteiger partial charge is 0.314 e. The first-order valence-electron chi connectivity index (χ1n) is 6.56. The van der Waals surface area contributed by atoms with Gasteiger partial charge in [-0.2, -0.15) is 0 Å². The molecule has 2 rings (SSSR count). The van der Waals surface area contributed by atoms with E-state index in [0.29, 0.717) is 11.3 Å². The number of anilines is 2. The Morgan fingerprint density at radius 2 is 1.43 bits per heavy atom. The summed E-state index contributed by atoms with van der Waals surface area (Å²) in [7, 11) is 0. The number of benzene rings is 2. The number of hydrogen-bond acceptors (Lipinski definition) is 3. The fourth-order valence-corrected chi connectivity index (χ4v) is 2.28. The molecular weight excluding hydrogens is 339 g/mol. The lowest BCUT2D eigenvalue weighted by atomic mass is 10.1. The molecule has 2 amide bonds. The molecule has 0 aliphatic carbocycles. The van der Waals surface area contributed by atoms with Gasteiger partial charge in [0.2, 0.25) is 0 Å². The van der Waals surface area contributed by atoms with E-state index in [4.69, 9.17) is 23.2 Å². The maximum atomic E-state index is 11.9. The Morgan fingerprint density at radius 3 is 2.04 bits per heavy atom. The first-order chi connectivity index (χ1) is 10.9. The Balaban J connectivity index is 2.10. The molecule has 0 atom stereocenters. The molecule has 0 aliphatic rings. The molecule has 0 saturated carbocycles. The molecule has 118 valence electrons. The standard InChI is InChI=1S/C16H12Cl2N2O3/c1-9(21)10-4-2-5-11(8-10)19-15(22)16(23)20-14-12(17)6-3-7-13(14)18/h2-8H,1H3,(H,19,22)(H,20,23). The summed E-state index contributed by atoms with van der Waals surface area (Å²) >= 11 is 11.9. The van der Waals surface area contributed by atoms with Crippen LogP contribution in [0.25, 0.3) is 0 Å². The molecule has 0 saturated heterocycles. The monoisotopic (exact) mass is 350 g/mol. The number of rotatable bonds is 3. The summed E-state index contributed by atoms with van der Waals surface area (Å²) in [6, 6.07) is 11.0. The first-order valence-corrected chi connectivity index (χ1v) is 7.31. The molecule has 0 aliphatic heterocycles. The zero-order valence-electron chi connectivity index (χ0n) is 12.0.